The summed E-state index contributed by atoms with van der Waals surface area (Å²) < 4.78 is 0. The van der Waals surface area contributed by atoms with Crippen LogP contribution in [0.25, 0.3) is 33.4 Å². The molecule has 0 N–H and O–H groups in total. The van der Waals surface area contributed by atoms with Gasteiger partial charge in [0.15, 0.2) is 0 Å². The van der Waals surface area contributed by atoms with Gasteiger partial charge < -0.3 is 4.90 Å². The number of hydrogen-bond acceptors (Lipinski definition) is 1. The van der Waals surface area contributed by atoms with Crippen LogP contribution in [0.2, 0.25) is 0 Å². The maximum absolute atomic E-state index is 2.45. The molecule has 0 fully saturated rings. The minimum absolute atomic E-state index is 0.461. The normalized spacial score (nSPS) is 14.2. The second kappa shape index (κ2) is 12.1. The quantitative estimate of drug-likeness (QED) is 0.175. The molecule has 0 radical (unpaired) electrons. The van der Waals surface area contributed by atoms with Gasteiger partial charge in [0.1, 0.15) is 0 Å². The summed E-state index contributed by atoms with van der Waals surface area (Å²) in [7, 11) is 0. The van der Waals surface area contributed by atoms with Crippen LogP contribution in [0, 0.1) is 0 Å². The number of nitrogens with zero attached hydrogens (tertiary/aromatic N) is 1. The van der Waals surface area contributed by atoms with Crippen molar-refractivity contribution in [2.45, 2.75) is 10.8 Å². The van der Waals surface area contributed by atoms with Crippen LogP contribution in [0.1, 0.15) is 44.5 Å². The van der Waals surface area contributed by atoms with Gasteiger partial charge in [-0.1, -0.05) is 194 Å². The highest BCUT2D eigenvalue weighted by atomic mass is 15.1. The van der Waals surface area contributed by atoms with Gasteiger partial charge in [-0.05, 0) is 103 Å². The summed E-state index contributed by atoms with van der Waals surface area (Å²) in [5, 5.41) is 0. The Morgan fingerprint density at radius 2 is 0.614 bits per heavy atom. The third kappa shape index (κ3) is 4.18. The smallest absolute Gasteiger partial charge is 0.0720 e. The van der Waals surface area contributed by atoms with Crippen LogP contribution in [0.5, 0.6) is 0 Å². The zero-order valence-electron chi connectivity index (χ0n) is 31.3. The lowest BCUT2D eigenvalue weighted by Gasteiger charge is -2.48. The summed E-state index contributed by atoms with van der Waals surface area (Å²) in [6.07, 6.45) is 0. The summed E-state index contributed by atoms with van der Waals surface area (Å²) in [5.74, 6) is 0. The van der Waals surface area contributed by atoms with Crippen LogP contribution < -0.4 is 4.90 Å². The highest BCUT2D eigenvalue weighted by molar-refractivity contribution is 5.99. The molecule has 0 heterocycles. The Morgan fingerprint density at radius 1 is 0.246 bits per heavy atom. The Kier molecular flexibility index (Phi) is 6.83. The Hall–Kier alpha value is -7.22. The van der Waals surface area contributed by atoms with Crippen molar-refractivity contribution < 1.29 is 0 Å². The first-order valence-electron chi connectivity index (χ1n) is 19.9. The van der Waals surface area contributed by atoms with Gasteiger partial charge in [0.2, 0.25) is 0 Å². The fraction of sp³-hybridized carbons (Fsp3) is 0.0357. The predicted molar refractivity (Wildman–Crippen MR) is 235 cm³/mol. The van der Waals surface area contributed by atoms with E-state index in [0.29, 0.717) is 0 Å². The van der Waals surface area contributed by atoms with E-state index in [-0.39, 0.29) is 0 Å². The van der Waals surface area contributed by atoms with E-state index >= 15 is 0 Å². The average molecular weight is 724 g/mol. The van der Waals surface area contributed by atoms with Gasteiger partial charge in [0.05, 0.1) is 16.5 Å². The molecule has 0 unspecified atom stereocenters. The van der Waals surface area contributed by atoms with E-state index in [1.807, 2.05) is 0 Å². The lowest BCUT2D eigenvalue weighted by Crippen LogP contribution is -2.43. The third-order valence-electron chi connectivity index (χ3n) is 13.0. The average Bonchev–Trinajstić information content (AvgIpc) is 3.76. The van der Waals surface area contributed by atoms with Gasteiger partial charge in [0, 0.05) is 16.9 Å². The Balaban J connectivity index is 1.16. The van der Waals surface area contributed by atoms with Crippen LogP contribution in [0.3, 0.4) is 0 Å². The van der Waals surface area contributed by atoms with E-state index in [1.165, 1.54) is 83.6 Å². The van der Waals surface area contributed by atoms with Crippen molar-refractivity contribution in [2.75, 3.05) is 4.90 Å². The molecule has 12 rings (SSSR count). The molecule has 0 saturated carbocycles. The first kappa shape index (κ1) is 32.1. The standard InChI is InChI=1S/C56H37N/c1-3-18-38(19-4-1)39-34-36-41(37-35-39)57(40-20-5-2-6-21-40)53-33-17-32-52-54(53)44-24-9-12-27-47(44)56(52)50-30-15-13-28-48(50)55(49-29-14-16-31-51(49)56)45-25-10-7-22-42(45)43-23-8-11-26-46(43)55/h1-37H. The molecular weight excluding hydrogens is 687 g/mol. The monoisotopic (exact) mass is 723 g/mol. The minimum Gasteiger partial charge on any atom is -0.310 e. The molecular formula is C56H37N. The molecule has 0 atom stereocenters. The molecule has 57 heavy (non-hydrogen) atoms. The van der Waals surface area contributed by atoms with E-state index in [4.69, 9.17) is 0 Å². The lowest BCUT2D eigenvalue weighted by atomic mass is 9.52. The Labute approximate surface area is 333 Å². The van der Waals surface area contributed by atoms with Crippen molar-refractivity contribution in [3.63, 3.8) is 0 Å². The fourth-order valence-electron chi connectivity index (χ4n) is 10.9. The third-order valence-corrected chi connectivity index (χ3v) is 13.0. The highest BCUT2D eigenvalue weighted by Gasteiger charge is 2.59. The minimum atomic E-state index is -0.549. The number of fused-ring (bicyclic) bond motifs is 16. The molecule has 0 saturated heterocycles. The van der Waals surface area contributed by atoms with Crippen molar-refractivity contribution in [3.05, 3.63) is 269 Å². The second-order valence-corrected chi connectivity index (χ2v) is 15.5. The maximum atomic E-state index is 2.45. The number of benzene rings is 9. The second-order valence-electron chi connectivity index (χ2n) is 15.5. The molecule has 1 heteroatoms. The van der Waals surface area contributed by atoms with Gasteiger partial charge in [-0.2, -0.15) is 0 Å². The summed E-state index contributed by atoms with van der Waals surface area (Å²) in [6.45, 7) is 0. The van der Waals surface area contributed by atoms with Crippen LogP contribution in [-0.4, -0.2) is 0 Å². The largest absolute Gasteiger partial charge is 0.310 e. The lowest BCUT2D eigenvalue weighted by molar-refractivity contribution is 0.633. The summed E-state index contributed by atoms with van der Waals surface area (Å²) in [5.41, 5.74) is 20.8. The molecule has 9 aromatic carbocycles. The summed E-state index contributed by atoms with van der Waals surface area (Å²) >= 11 is 0. The Bertz CT molecular complexity index is 2920. The zero-order valence-corrected chi connectivity index (χ0v) is 31.3. The number of rotatable bonds is 4. The van der Waals surface area contributed by atoms with E-state index in [0.717, 1.165) is 11.4 Å². The van der Waals surface area contributed by atoms with Crippen molar-refractivity contribution in [1.82, 2.24) is 0 Å². The maximum Gasteiger partial charge on any atom is 0.0720 e. The summed E-state index contributed by atoms with van der Waals surface area (Å²) in [6, 6.07) is 83.6. The van der Waals surface area contributed by atoms with Gasteiger partial charge in [-0.25, -0.2) is 0 Å². The van der Waals surface area contributed by atoms with E-state index in [2.05, 4.69) is 229 Å². The van der Waals surface area contributed by atoms with Gasteiger partial charge >= 0.3 is 0 Å². The molecule has 1 nitrogen and oxygen atoms in total. The molecule has 0 amide bonds. The molecule has 3 aliphatic carbocycles. The van der Waals surface area contributed by atoms with Crippen molar-refractivity contribution in [3.8, 4) is 33.4 Å². The number of hydrogen-bond donors (Lipinski definition) is 0. The summed E-state index contributed by atoms with van der Waals surface area (Å²) in [4.78, 5) is 2.45. The van der Waals surface area contributed by atoms with Crippen molar-refractivity contribution in [1.29, 1.82) is 0 Å². The SMILES string of the molecule is c1ccc(-c2ccc(N(c3ccccc3)c3cccc4c3-c3ccccc3C43c4ccccc4C4(c5ccccc5-c5ccccc54)c4ccccc43)cc2)cc1. The molecule has 0 bridgehead atoms. The topological polar surface area (TPSA) is 3.24 Å². The van der Waals surface area contributed by atoms with Gasteiger partial charge in [0.25, 0.3) is 0 Å². The molecule has 2 spiro atoms. The van der Waals surface area contributed by atoms with Crippen LogP contribution in [0.15, 0.2) is 224 Å². The number of anilines is 3. The molecule has 0 aromatic heterocycles. The van der Waals surface area contributed by atoms with Crippen LogP contribution in [-0.2, 0) is 10.8 Å². The van der Waals surface area contributed by atoms with E-state index in [9.17, 15) is 0 Å². The van der Waals surface area contributed by atoms with Gasteiger partial charge in [-0.3, -0.25) is 0 Å². The van der Waals surface area contributed by atoms with Crippen LogP contribution in [0.4, 0.5) is 17.1 Å². The van der Waals surface area contributed by atoms with E-state index in [1.54, 1.807) is 0 Å². The predicted octanol–water partition coefficient (Wildman–Crippen LogP) is 13.9. The van der Waals surface area contributed by atoms with E-state index < -0.39 is 10.8 Å². The Morgan fingerprint density at radius 3 is 1.16 bits per heavy atom. The van der Waals surface area contributed by atoms with Crippen molar-refractivity contribution in [2.24, 2.45) is 0 Å². The number of para-hydroxylation sites is 1. The van der Waals surface area contributed by atoms with Gasteiger partial charge in [-0.15, -0.1) is 0 Å². The fourth-order valence-corrected chi connectivity index (χ4v) is 10.9. The highest BCUT2D eigenvalue weighted by Crippen LogP contribution is 2.68. The molecule has 3 aliphatic rings. The first-order chi connectivity index (χ1) is 28.3. The molecule has 9 aromatic rings. The van der Waals surface area contributed by atoms with Crippen LogP contribution >= 0.6 is 0 Å². The zero-order chi connectivity index (χ0) is 37.6. The first-order valence-corrected chi connectivity index (χ1v) is 19.9. The van der Waals surface area contributed by atoms with Crippen molar-refractivity contribution >= 4 is 17.1 Å². The molecule has 0 aliphatic heterocycles. The molecule has 266 valence electrons.